The van der Waals surface area contributed by atoms with Crippen LogP contribution in [0, 0.1) is 0 Å². The summed E-state index contributed by atoms with van der Waals surface area (Å²) in [6, 6.07) is 0. The number of fused-ring (bicyclic) bond motifs is 1. The van der Waals surface area contributed by atoms with Crippen LogP contribution in [0.3, 0.4) is 0 Å². The van der Waals surface area contributed by atoms with Gasteiger partial charge in [0.1, 0.15) is 11.0 Å². The molecular weight excluding hydrogens is 364 g/mol. The van der Waals surface area contributed by atoms with E-state index in [0.29, 0.717) is 37.0 Å². The summed E-state index contributed by atoms with van der Waals surface area (Å²) in [6.45, 7) is 5.03. The molecule has 3 aliphatic rings. The first-order valence-electron chi connectivity index (χ1n) is 9.40. The third kappa shape index (κ3) is 3.34. The van der Waals surface area contributed by atoms with E-state index in [1.54, 1.807) is 17.1 Å². The summed E-state index contributed by atoms with van der Waals surface area (Å²) in [7, 11) is 0. The van der Waals surface area contributed by atoms with Gasteiger partial charge in [-0.2, -0.15) is 0 Å². The molecule has 1 aromatic rings. The molecule has 0 bridgehead atoms. The molecule has 0 N–H and O–H groups in total. The minimum absolute atomic E-state index is 0.00481. The standard InChI is InChI=1S/C20H23ClN4O2/c1-2-3-4-8-17(26)23-10-14-12-24(13-15(14)11-23)20(27)18-19(21)25-9-6-5-7-16(25)22-18/h2-4,8H,5-7,9-13H2,1H3/b3-2+,8-4+. The summed E-state index contributed by atoms with van der Waals surface area (Å²) in [5.41, 5.74) is 2.70. The van der Waals surface area contributed by atoms with Gasteiger partial charge in [0.15, 0.2) is 5.69 Å². The Morgan fingerprint density at radius 1 is 1.04 bits per heavy atom. The predicted octanol–water partition coefficient (Wildman–Crippen LogP) is 2.60. The number of nitrogens with zero attached hydrogens (tertiary/aromatic N) is 4. The Morgan fingerprint density at radius 2 is 1.74 bits per heavy atom. The largest absolute Gasteiger partial charge is 0.331 e. The highest BCUT2D eigenvalue weighted by Crippen LogP contribution is 2.29. The fourth-order valence-corrected chi connectivity index (χ4v) is 4.27. The Hall–Kier alpha value is -2.34. The number of aromatic nitrogens is 2. The van der Waals surface area contributed by atoms with Crippen molar-refractivity contribution in [2.75, 3.05) is 26.2 Å². The predicted molar refractivity (Wildman–Crippen MR) is 104 cm³/mol. The molecule has 3 aliphatic heterocycles. The monoisotopic (exact) mass is 386 g/mol. The first-order chi connectivity index (χ1) is 13.1. The number of hydrogen-bond acceptors (Lipinski definition) is 3. The van der Waals surface area contributed by atoms with Crippen LogP contribution in [0.5, 0.6) is 0 Å². The number of aryl methyl sites for hydroxylation is 1. The van der Waals surface area contributed by atoms with E-state index in [4.69, 9.17) is 11.6 Å². The highest BCUT2D eigenvalue weighted by atomic mass is 35.5. The highest BCUT2D eigenvalue weighted by Gasteiger charge is 2.35. The first kappa shape index (κ1) is 18.0. The molecule has 142 valence electrons. The van der Waals surface area contributed by atoms with E-state index >= 15 is 0 Å². The van der Waals surface area contributed by atoms with Crippen molar-refractivity contribution in [3.63, 3.8) is 0 Å². The van der Waals surface area contributed by atoms with Gasteiger partial charge < -0.3 is 14.4 Å². The van der Waals surface area contributed by atoms with Crippen LogP contribution < -0.4 is 0 Å². The average Bonchev–Trinajstić information content (AvgIpc) is 3.33. The van der Waals surface area contributed by atoms with Crippen molar-refractivity contribution in [1.82, 2.24) is 19.4 Å². The van der Waals surface area contributed by atoms with Crippen LogP contribution in [0.15, 0.2) is 35.5 Å². The highest BCUT2D eigenvalue weighted by molar-refractivity contribution is 6.32. The fraction of sp³-hybridized carbons (Fsp3) is 0.450. The molecular formula is C20H23ClN4O2. The number of rotatable bonds is 3. The molecule has 2 amide bonds. The molecule has 0 saturated heterocycles. The van der Waals surface area contributed by atoms with Crippen molar-refractivity contribution >= 4 is 23.4 Å². The molecule has 0 radical (unpaired) electrons. The van der Waals surface area contributed by atoms with Crippen LogP contribution in [0.2, 0.25) is 5.15 Å². The lowest BCUT2D eigenvalue weighted by molar-refractivity contribution is -0.124. The second-order valence-electron chi connectivity index (χ2n) is 7.22. The normalized spacial score (nSPS) is 19.5. The summed E-state index contributed by atoms with van der Waals surface area (Å²) in [6.07, 6.45) is 10.1. The van der Waals surface area contributed by atoms with Gasteiger partial charge in [0, 0.05) is 45.2 Å². The smallest absolute Gasteiger partial charge is 0.276 e. The van der Waals surface area contributed by atoms with Gasteiger partial charge >= 0.3 is 0 Å². The third-order valence-corrected chi connectivity index (χ3v) is 5.77. The summed E-state index contributed by atoms with van der Waals surface area (Å²) in [5.74, 6) is 0.811. The van der Waals surface area contributed by atoms with Crippen LogP contribution in [0.4, 0.5) is 0 Å². The van der Waals surface area contributed by atoms with E-state index in [9.17, 15) is 9.59 Å². The van der Waals surface area contributed by atoms with Gasteiger partial charge in [-0.05, 0) is 30.9 Å². The quantitative estimate of drug-likeness (QED) is 0.456. The number of imidazole rings is 1. The maximum Gasteiger partial charge on any atom is 0.276 e. The van der Waals surface area contributed by atoms with Crippen LogP contribution >= 0.6 is 11.6 Å². The van der Waals surface area contributed by atoms with E-state index in [1.807, 2.05) is 28.5 Å². The van der Waals surface area contributed by atoms with Crippen molar-refractivity contribution in [1.29, 1.82) is 0 Å². The summed E-state index contributed by atoms with van der Waals surface area (Å²) >= 11 is 6.43. The molecule has 27 heavy (non-hydrogen) atoms. The van der Waals surface area contributed by atoms with E-state index in [0.717, 1.165) is 42.8 Å². The third-order valence-electron chi connectivity index (χ3n) is 5.39. The zero-order chi connectivity index (χ0) is 19.0. The maximum atomic E-state index is 12.9. The molecule has 0 unspecified atom stereocenters. The van der Waals surface area contributed by atoms with Crippen molar-refractivity contribution in [3.05, 3.63) is 52.1 Å². The minimum Gasteiger partial charge on any atom is -0.331 e. The van der Waals surface area contributed by atoms with Crippen molar-refractivity contribution in [3.8, 4) is 0 Å². The second kappa shape index (κ2) is 7.35. The Morgan fingerprint density at radius 3 is 2.41 bits per heavy atom. The van der Waals surface area contributed by atoms with Gasteiger partial charge in [-0.1, -0.05) is 29.8 Å². The zero-order valence-corrected chi connectivity index (χ0v) is 16.2. The van der Waals surface area contributed by atoms with E-state index < -0.39 is 0 Å². The van der Waals surface area contributed by atoms with Crippen molar-refractivity contribution < 1.29 is 9.59 Å². The molecule has 0 atom stereocenters. The molecule has 4 rings (SSSR count). The Labute approximate surface area is 163 Å². The summed E-state index contributed by atoms with van der Waals surface area (Å²) < 4.78 is 1.97. The lowest BCUT2D eigenvalue weighted by Crippen LogP contribution is -2.36. The topological polar surface area (TPSA) is 58.4 Å². The maximum absolute atomic E-state index is 12.9. The summed E-state index contributed by atoms with van der Waals surface area (Å²) in [5, 5.41) is 0.465. The number of carbonyl (C=O) groups is 2. The van der Waals surface area contributed by atoms with Gasteiger partial charge in [0.25, 0.3) is 5.91 Å². The number of halogens is 1. The van der Waals surface area contributed by atoms with Crippen LogP contribution in [-0.4, -0.2) is 57.3 Å². The Kier molecular flexibility index (Phi) is 4.91. The van der Waals surface area contributed by atoms with Crippen LogP contribution in [0.25, 0.3) is 0 Å². The molecule has 1 aromatic heterocycles. The van der Waals surface area contributed by atoms with Crippen molar-refractivity contribution in [2.45, 2.75) is 32.7 Å². The molecule has 0 saturated carbocycles. The fourth-order valence-electron chi connectivity index (χ4n) is 3.97. The SMILES string of the molecule is C/C=C/C=C/C(=O)N1CC2=C(C1)CN(C(=O)c1nc3n(c1Cl)CCCC3)C2. The molecule has 0 aliphatic carbocycles. The van der Waals surface area contributed by atoms with Gasteiger partial charge in [-0.3, -0.25) is 9.59 Å². The number of hydrogen-bond donors (Lipinski definition) is 0. The molecule has 0 spiro atoms. The minimum atomic E-state index is -0.109. The van der Waals surface area contributed by atoms with Crippen molar-refractivity contribution in [2.24, 2.45) is 0 Å². The molecule has 6 nitrogen and oxygen atoms in total. The lowest BCUT2D eigenvalue weighted by atomic mass is 10.2. The first-order valence-corrected chi connectivity index (χ1v) is 9.78. The number of amides is 2. The second-order valence-corrected chi connectivity index (χ2v) is 7.58. The van der Waals surface area contributed by atoms with Gasteiger partial charge in [0.2, 0.25) is 5.91 Å². The van der Waals surface area contributed by atoms with Gasteiger partial charge in [0.05, 0.1) is 0 Å². The molecule has 4 heterocycles. The van der Waals surface area contributed by atoms with E-state index in [2.05, 4.69) is 4.98 Å². The van der Waals surface area contributed by atoms with E-state index in [-0.39, 0.29) is 11.8 Å². The molecule has 0 fully saturated rings. The van der Waals surface area contributed by atoms with Gasteiger partial charge in [-0.25, -0.2) is 4.98 Å². The Balaban J connectivity index is 1.40. The lowest BCUT2D eigenvalue weighted by Gasteiger charge is -2.21. The Bertz CT molecular complexity index is 863. The van der Waals surface area contributed by atoms with Gasteiger partial charge in [-0.15, -0.1) is 0 Å². The number of carbonyl (C=O) groups excluding carboxylic acids is 2. The van der Waals surface area contributed by atoms with Crippen LogP contribution in [-0.2, 0) is 17.8 Å². The summed E-state index contributed by atoms with van der Waals surface area (Å²) in [4.78, 5) is 33.3. The number of allylic oxidation sites excluding steroid dienone is 3. The molecule has 0 aromatic carbocycles. The van der Waals surface area contributed by atoms with E-state index in [1.165, 1.54) is 0 Å². The average molecular weight is 387 g/mol. The zero-order valence-electron chi connectivity index (χ0n) is 15.4. The molecule has 7 heteroatoms. The van der Waals surface area contributed by atoms with Crippen LogP contribution in [0.1, 0.15) is 36.1 Å².